The Balaban J connectivity index is 2.08. The molecule has 14 heteroatoms. The number of rotatable bonds is 5. The number of anilines is 1. The van der Waals surface area contributed by atoms with E-state index < -0.39 is 43.3 Å². The first-order chi connectivity index (χ1) is 16.4. The fraction of sp³-hybridized carbons (Fsp3) is 0.238. The molecular weight excluding hydrogens is 482 g/mol. The number of H-pyrrole nitrogens is 1. The van der Waals surface area contributed by atoms with E-state index in [2.05, 4.69) is 15.1 Å². The number of halogens is 6. The third-order valence-corrected chi connectivity index (χ3v) is 5.10. The number of hydrogen-bond donors (Lipinski definition) is 3. The molecule has 0 atom stereocenters. The predicted octanol–water partition coefficient (Wildman–Crippen LogP) is 3.08. The van der Waals surface area contributed by atoms with Crippen molar-refractivity contribution in [2.45, 2.75) is 31.9 Å². The number of pyridine rings is 1. The molecule has 0 aliphatic rings. The van der Waals surface area contributed by atoms with Crippen LogP contribution in [0.25, 0.3) is 28.0 Å². The molecule has 35 heavy (non-hydrogen) atoms. The normalized spacial score (nSPS) is 12.4. The molecular formula is C21H17F6N6O2+. The Morgan fingerprint density at radius 1 is 1.03 bits per heavy atom. The first-order valence-electron chi connectivity index (χ1n) is 10.0. The average molecular weight is 499 g/mol. The summed E-state index contributed by atoms with van der Waals surface area (Å²) in [6.07, 6.45) is -10.8. The lowest BCUT2D eigenvalue weighted by atomic mass is 9.99. The van der Waals surface area contributed by atoms with Crippen molar-refractivity contribution >= 4 is 11.6 Å². The maximum Gasteiger partial charge on any atom is 0.433 e. The molecule has 0 unspecified atom stereocenters. The van der Waals surface area contributed by atoms with Crippen LogP contribution in [-0.2, 0) is 19.3 Å². The summed E-state index contributed by atoms with van der Waals surface area (Å²) in [5.41, 5.74) is 3.47. The Morgan fingerprint density at radius 3 is 2.31 bits per heavy atom. The number of aliphatic hydroxyl groups excluding tert-OH is 1. The van der Waals surface area contributed by atoms with Gasteiger partial charge in [0.05, 0.1) is 30.8 Å². The van der Waals surface area contributed by atoms with Crippen molar-refractivity contribution in [3.8, 4) is 22.4 Å². The number of aromatic nitrogens is 5. The minimum atomic E-state index is -4.87. The molecule has 0 spiro atoms. The summed E-state index contributed by atoms with van der Waals surface area (Å²) in [6.45, 7) is -1.60. The quantitative estimate of drug-likeness (QED) is 0.289. The van der Waals surface area contributed by atoms with Crippen LogP contribution in [-0.4, -0.2) is 31.0 Å². The van der Waals surface area contributed by atoms with Crippen LogP contribution in [0.5, 0.6) is 0 Å². The van der Waals surface area contributed by atoms with Gasteiger partial charge in [0.1, 0.15) is 11.4 Å². The predicted molar refractivity (Wildman–Crippen MR) is 111 cm³/mol. The first-order valence-corrected chi connectivity index (χ1v) is 10.0. The van der Waals surface area contributed by atoms with E-state index in [-0.39, 0.29) is 34.1 Å². The smallest absolute Gasteiger partial charge is 0.390 e. The van der Waals surface area contributed by atoms with Crippen LogP contribution in [0.3, 0.4) is 0 Å². The summed E-state index contributed by atoms with van der Waals surface area (Å²) in [7, 11) is 0. The standard InChI is InChI=1S/C21H16F6N6O2/c22-20(23,24)6-7-32-19(35)33-17(31-32)15(16(30-18(33)28)11-4-2-1-3-5-11)12-8-13(10-34)29-14(9-12)21(25,26)27/h1-5,8-9,34H,6-7,10H2,(H2,28,29,30,31)/p+1. The lowest BCUT2D eigenvalue weighted by Gasteiger charge is -2.13. The highest BCUT2D eigenvalue weighted by atomic mass is 19.4. The molecule has 0 fully saturated rings. The summed E-state index contributed by atoms with van der Waals surface area (Å²) in [5, 5.41) is 12.0. The maximum atomic E-state index is 13.5. The maximum absolute atomic E-state index is 13.5. The van der Waals surface area contributed by atoms with Gasteiger partial charge in [-0.2, -0.15) is 31.0 Å². The van der Waals surface area contributed by atoms with Crippen LogP contribution in [0, 0.1) is 0 Å². The van der Waals surface area contributed by atoms with E-state index in [1.54, 1.807) is 30.3 Å². The van der Waals surface area contributed by atoms with E-state index in [1.807, 2.05) is 0 Å². The molecule has 0 amide bonds. The molecule has 0 aliphatic heterocycles. The summed E-state index contributed by atoms with van der Waals surface area (Å²) in [5.74, 6) is -0.387. The second kappa shape index (κ2) is 8.69. The fourth-order valence-electron chi connectivity index (χ4n) is 3.58. The molecule has 0 bridgehead atoms. The Hall–Kier alpha value is -3.94. The highest BCUT2D eigenvalue weighted by Crippen LogP contribution is 2.36. The SMILES string of the molecule is Nc1nc(-c2ccccc2)c(-c2cc(CO)nc(C(F)(F)F)c2)c2[nH]n(CCC(F)(F)F)c(=O)[n+]12. The number of aliphatic hydroxyl groups is 1. The number of benzene rings is 1. The second-order valence-corrected chi connectivity index (χ2v) is 7.54. The number of alkyl halides is 6. The topological polar surface area (TPSA) is 114 Å². The van der Waals surface area contributed by atoms with Crippen molar-refractivity contribution in [2.24, 2.45) is 0 Å². The third kappa shape index (κ3) is 4.82. The molecule has 0 aliphatic carbocycles. The van der Waals surface area contributed by atoms with Gasteiger partial charge in [-0.1, -0.05) is 30.3 Å². The van der Waals surface area contributed by atoms with Crippen LogP contribution in [0.1, 0.15) is 17.8 Å². The molecule has 4 rings (SSSR count). The summed E-state index contributed by atoms with van der Waals surface area (Å²) in [6, 6.07) is 10.0. The summed E-state index contributed by atoms with van der Waals surface area (Å²) < 4.78 is 80.3. The van der Waals surface area contributed by atoms with E-state index in [1.165, 1.54) is 6.07 Å². The zero-order chi connectivity index (χ0) is 25.5. The van der Waals surface area contributed by atoms with Gasteiger partial charge in [-0.15, -0.1) is 9.38 Å². The molecule has 3 aromatic heterocycles. The van der Waals surface area contributed by atoms with Crippen molar-refractivity contribution in [3.63, 3.8) is 0 Å². The Morgan fingerprint density at radius 2 is 1.71 bits per heavy atom. The number of nitrogen functional groups attached to an aromatic ring is 1. The zero-order valence-corrected chi connectivity index (χ0v) is 17.7. The lowest BCUT2D eigenvalue weighted by Crippen LogP contribution is -2.44. The summed E-state index contributed by atoms with van der Waals surface area (Å²) >= 11 is 0. The molecule has 184 valence electrons. The number of nitrogens with zero attached hydrogens (tertiary/aromatic N) is 4. The second-order valence-electron chi connectivity index (χ2n) is 7.54. The van der Waals surface area contributed by atoms with Crippen LogP contribution in [0.2, 0.25) is 0 Å². The van der Waals surface area contributed by atoms with Gasteiger partial charge >= 0.3 is 24.0 Å². The largest absolute Gasteiger partial charge is 0.433 e. The van der Waals surface area contributed by atoms with Gasteiger partial charge in [-0.3, -0.25) is 0 Å². The third-order valence-electron chi connectivity index (χ3n) is 5.10. The van der Waals surface area contributed by atoms with Crippen molar-refractivity contribution in [2.75, 3.05) is 5.73 Å². The number of nitrogens with one attached hydrogen (secondary N) is 1. The van der Waals surface area contributed by atoms with Gasteiger partial charge in [0.15, 0.2) is 0 Å². The molecule has 4 N–H and O–H groups in total. The van der Waals surface area contributed by atoms with Crippen LogP contribution in [0.15, 0.2) is 47.3 Å². The average Bonchev–Trinajstić information content (AvgIpc) is 3.13. The number of aryl methyl sites for hydroxylation is 1. The van der Waals surface area contributed by atoms with E-state index in [0.29, 0.717) is 16.3 Å². The number of nitrogens with two attached hydrogens (primary N) is 1. The summed E-state index contributed by atoms with van der Waals surface area (Å²) in [4.78, 5) is 20.4. The molecule has 4 aromatic rings. The van der Waals surface area contributed by atoms with E-state index >= 15 is 0 Å². The van der Waals surface area contributed by atoms with Gasteiger partial charge in [-0.05, 0) is 17.7 Å². The van der Waals surface area contributed by atoms with Crippen LogP contribution in [0.4, 0.5) is 32.3 Å². The minimum absolute atomic E-state index is 0.0455. The molecule has 8 nitrogen and oxygen atoms in total. The minimum Gasteiger partial charge on any atom is -0.390 e. The molecule has 0 saturated carbocycles. The van der Waals surface area contributed by atoms with Crippen LogP contribution >= 0.6 is 0 Å². The van der Waals surface area contributed by atoms with Gasteiger partial charge in [0.25, 0.3) is 0 Å². The molecule has 0 saturated heterocycles. The molecule has 1 aromatic carbocycles. The Bertz CT molecular complexity index is 1440. The monoisotopic (exact) mass is 499 g/mol. The lowest BCUT2D eigenvalue weighted by molar-refractivity contribution is -0.516. The van der Waals surface area contributed by atoms with Gasteiger partial charge in [0.2, 0.25) is 5.65 Å². The van der Waals surface area contributed by atoms with Crippen molar-refractivity contribution in [1.82, 2.24) is 19.7 Å². The van der Waals surface area contributed by atoms with E-state index in [0.717, 1.165) is 4.40 Å². The highest BCUT2D eigenvalue weighted by molar-refractivity contribution is 5.88. The fourth-order valence-corrected chi connectivity index (χ4v) is 3.58. The van der Waals surface area contributed by atoms with Gasteiger partial charge in [0, 0.05) is 5.56 Å². The van der Waals surface area contributed by atoms with Crippen molar-refractivity contribution < 1.29 is 35.8 Å². The van der Waals surface area contributed by atoms with E-state index in [9.17, 15) is 36.2 Å². The number of fused-ring (bicyclic) bond motifs is 1. The van der Waals surface area contributed by atoms with Gasteiger partial charge in [-0.25, -0.2) is 14.9 Å². The first kappa shape index (κ1) is 24.2. The number of aromatic amines is 1. The van der Waals surface area contributed by atoms with Crippen molar-refractivity contribution in [1.29, 1.82) is 0 Å². The zero-order valence-electron chi connectivity index (χ0n) is 17.7. The highest BCUT2D eigenvalue weighted by Gasteiger charge is 2.35. The van der Waals surface area contributed by atoms with Crippen LogP contribution < -0.4 is 15.8 Å². The van der Waals surface area contributed by atoms with Crippen molar-refractivity contribution in [3.05, 3.63) is 64.3 Å². The van der Waals surface area contributed by atoms with Gasteiger partial charge < -0.3 is 10.8 Å². The molecule has 3 heterocycles. The Labute approximate surface area is 192 Å². The Kier molecular flexibility index (Phi) is 6.00. The molecule has 0 radical (unpaired) electrons. The number of hydrogen-bond acceptors (Lipinski definition) is 5. The van der Waals surface area contributed by atoms with E-state index in [4.69, 9.17) is 5.73 Å².